The molecule has 0 spiro atoms. The van der Waals surface area contributed by atoms with E-state index >= 15 is 0 Å². The second-order valence-corrected chi connectivity index (χ2v) is 2.77. The average molecular weight is 184 g/mol. The Bertz CT molecular complexity index is 258. The predicted octanol–water partition coefficient (Wildman–Crippen LogP) is 0.545. The van der Waals surface area contributed by atoms with Crippen LogP contribution in [0.15, 0.2) is 18.7 Å². The minimum absolute atomic E-state index is 0.113. The van der Waals surface area contributed by atoms with E-state index in [0.29, 0.717) is 6.61 Å². The minimum Gasteiger partial charge on any atom is -0.480 e. The molecule has 0 amide bonds. The van der Waals surface area contributed by atoms with Crippen LogP contribution in [0.3, 0.4) is 0 Å². The number of carbonyl (C=O) groups is 1. The molecule has 0 bridgehead atoms. The molecule has 0 aliphatic heterocycles. The monoisotopic (exact) mass is 184 g/mol. The first-order valence-electron chi connectivity index (χ1n) is 3.97. The molecular weight excluding hydrogens is 172 g/mol. The van der Waals surface area contributed by atoms with Gasteiger partial charge in [0.2, 0.25) is 0 Å². The molecule has 72 valence electrons. The van der Waals surface area contributed by atoms with E-state index in [9.17, 15) is 4.79 Å². The Hall–Kier alpha value is -1.36. The van der Waals surface area contributed by atoms with Gasteiger partial charge in [0.15, 0.2) is 0 Å². The third-order valence-corrected chi connectivity index (χ3v) is 1.62. The number of carboxylic acids is 1. The summed E-state index contributed by atoms with van der Waals surface area (Å²) in [6.07, 6.45) is 5.16. The van der Waals surface area contributed by atoms with E-state index < -0.39 is 5.97 Å². The van der Waals surface area contributed by atoms with Crippen molar-refractivity contribution in [1.29, 1.82) is 0 Å². The van der Waals surface area contributed by atoms with E-state index in [1.807, 2.05) is 17.7 Å². The molecule has 13 heavy (non-hydrogen) atoms. The Balaban J connectivity index is 2.26. The lowest BCUT2D eigenvalue weighted by atomic mass is 10.4. The minimum atomic E-state index is -0.946. The summed E-state index contributed by atoms with van der Waals surface area (Å²) in [6, 6.07) is 0.113. The van der Waals surface area contributed by atoms with Gasteiger partial charge in [-0.15, -0.1) is 0 Å². The lowest BCUT2D eigenvalue weighted by Crippen LogP contribution is -2.14. The topological polar surface area (TPSA) is 64.3 Å². The summed E-state index contributed by atoms with van der Waals surface area (Å²) in [6.45, 7) is 2.06. The molecule has 0 aliphatic rings. The molecule has 0 aliphatic carbocycles. The highest BCUT2D eigenvalue weighted by atomic mass is 16.5. The smallest absolute Gasteiger partial charge is 0.329 e. The van der Waals surface area contributed by atoms with Crippen LogP contribution >= 0.6 is 0 Å². The molecule has 0 saturated heterocycles. The van der Waals surface area contributed by atoms with E-state index in [-0.39, 0.29) is 12.6 Å². The van der Waals surface area contributed by atoms with Gasteiger partial charge in [-0.1, -0.05) is 0 Å². The molecule has 0 unspecified atom stereocenters. The maximum Gasteiger partial charge on any atom is 0.329 e. The van der Waals surface area contributed by atoms with Crippen LogP contribution < -0.4 is 0 Å². The Labute approximate surface area is 76.0 Å². The SMILES string of the molecule is C[C@H](COCC(=O)O)n1ccnc1. The van der Waals surface area contributed by atoms with Gasteiger partial charge in [-0.3, -0.25) is 0 Å². The fourth-order valence-corrected chi connectivity index (χ4v) is 0.933. The maximum absolute atomic E-state index is 10.1. The summed E-state index contributed by atoms with van der Waals surface area (Å²) < 4.78 is 6.80. The van der Waals surface area contributed by atoms with Crippen molar-refractivity contribution in [2.45, 2.75) is 13.0 Å². The van der Waals surface area contributed by atoms with E-state index in [1.165, 1.54) is 0 Å². The first-order chi connectivity index (χ1) is 6.20. The van der Waals surface area contributed by atoms with Crippen LogP contribution in [0.1, 0.15) is 13.0 Å². The molecule has 0 aromatic carbocycles. The van der Waals surface area contributed by atoms with Crippen molar-refractivity contribution in [3.63, 3.8) is 0 Å². The Morgan fingerprint density at radius 3 is 3.08 bits per heavy atom. The van der Waals surface area contributed by atoms with Crippen molar-refractivity contribution in [3.8, 4) is 0 Å². The summed E-state index contributed by atoms with van der Waals surface area (Å²) >= 11 is 0. The van der Waals surface area contributed by atoms with Gasteiger partial charge in [-0.2, -0.15) is 0 Å². The van der Waals surface area contributed by atoms with Crippen molar-refractivity contribution < 1.29 is 14.6 Å². The van der Waals surface area contributed by atoms with Gasteiger partial charge < -0.3 is 14.4 Å². The molecule has 1 aromatic rings. The largest absolute Gasteiger partial charge is 0.480 e. The zero-order valence-corrected chi connectivity index (χ0v) is 7.38. The van der Waals surface area contributed by atoms with E-state index in [0.717, 1.165) is 0 Å². The molecule has 1 rings (SSSR count). The molecule has 0 radical (unpaired) electrons. The number of aliphatic carboxylic acids is 1. The zero-order valence-electron chi connectivity index (χ0n) is 7.38. The number of aromatic nitrogens is 2. The van der Waals surface area contributed by atoms with Gasteiger partial charge >= 0.3 is 5.97 Å². The van der Waals surface area contributed by atoms with Crippen LogP contribution in [0.5, 0.6) is 0 Å². The molecule has 5 heteroatoms. The Kier molecular flexibility index (Phi) is 3.45. The summed E-state index contributed by atoms with van der Waals surface area (Å²) in [5, 5.41) is 8.31. The van der Waals surface area contributed by atoms with Crippen molar-refractivity contribution >= 4 is 5.97 Å². The van der Waals surface area contributed by atoms with Crippen molar-refractivity contribution in [2.75, 3.05) is 13.2 Å². The highest BCUT2D eigenvalue weighted by Gasteiger charge is 2.04. The lowest BCUT2D eigenvalue weighted by Gasteiger charge is -2.11. The molecule has 1 heterocycles. The van der Waals surface area contributed by atoms with Gasteiger partial charge in [0.05, 0.1) is 19.0 Å². The first kappa shape index (κ1) is 9.73. The number of imidazole rings is 1. The van der Waals surface area contributed by atoms with Gasteiger partial charge in [-0.05, 0) is 6.92 Å². The van der Waals surface area contributed by atoms with Crippen LogP contribution in [-0.2, 0) is 9.53 Å². The van der Waals surface area contributed by atoms with Gasteiger partial charge in [-0.25, -0.2) is 9.78 Å². The maximum atomic E-state index is 10.1. The van der Waals surface area contributed by atoms with Crippen LogP contribution in [0.25, 0.3) is 0 Å². The molecule has 5 nitrogen and oxygen atoms in total. The highest BCUT2D eigenvalue weighted by molar-refractivity contribution is 5.67. The lowest BCUT2D eigenvalue weighted by molar-refractivity contribution is -0.142. The second kappa shape index (κ2) is 4.61. The molecule has 0 saturated carbocycles. The summed E-state index contributed by atoms with van der Waals surface area (Å²) in [5.74, 6) is -0.946. The third-order valence-electron chi connectivity index (χ3n) is 1.62. The fourth-order valence-electron chi connectivity index (χ4n) is 0.933. The normalized spacial score (nSPS) is 12.7. The van der Waals surface area contributed by atoms with Crippen molar-refractivity contribution in [1.82, 2.24) is 9.55 Å². The quantitative estimate of drug-likeness (QED) is 0.725. The molecule has 0 fully saturated rings. The number of rotatable bonds is 5. The van der Waals surface area contributed by atoms with Crippen LogP contribution in [0.2, 0.25) is 0 Å². The average Bonchev–Trinajstić information content (AvgIpc) is 2.55. The van der Waals surface area contributed by atoms with Gasteiger partial charge in [0.1, 0.15) is 6.61 Å². The standard InChI is InChI=1S/C8H12N2O3/c1-7(4-13-5-8(11)12)10-3-2-9-6-10/h2-3,6-7H,4-5H2,1H3,(H,11,12)/t7-/m1/s1. The van der Waals surface area contributed by atoms with E-state index in [4.69, 9.17) is 9.84 Å². The van der Waals surface area contributed by atoms with Gasteiger partial charge in [0.25, 0.3) is 0 Å². The van der Waals surface area contributed by atoms with Crippen molar-refractivity contribution in [2.24, 2.45) is 0 Å². The number of carboxylic acid groups (broad SMARTS) is 1. The third kappa shape index (κ3) is 3.25. The summed E-state index contributed by atoms with van der Waals surface area (Å²) in [5.41, 5.74) is 0. The van der Waals surface area contributed by atoms with Crippen LogP contribution in [-0.4, -0.2) is 33.8 Å². The molecule has 1 N–H and O–H groups in total. The summed E-state index contributed by atoms with van der Waals surface area (Å²) in [4.78, 5) is 14.0. The fraction of sp³-hybridized carbons (Fsp3) is 0.500. The first-order valence-corrected chi connectivity index (χ1v) is 3.97. The van der Waals surface area contributed by atoms with E-state index in [1.54, 1.807) is 12.5 Å². The Morgan fingerprint density at radius 2 is 2.54 bits per heavy atom. The van der Waals surface area contributed by atoms with Crippen LogP contribution in [0, 0.1) is 0 Å². The number of nitrogens with zero attached hydrogens (tertiary/aromatic N) is 2. The predicted molar refractivity (Wildman–Crippen MR) is 45.4 cm³/mol. The summed E-state index contributed by atoms with van der Waals surface area (Å²) in [7, 11) is 0. The number of hydrogen-bond acceptors (Lipinski definition) is 3. The Morgan fingerprint density at radius 1 is 1.77 bits per heavy atom. The van der Waals surface area contributed by atoms with Crippen molar-refractivity contribution in [3.05, 3.63) is 18.7 Å². The molecule has 1 aromatic heterocycles. The molecule has 1 atom stereocenters. The molecular formula is C8H12N2O3. The van der Waals surface area contributed by atoms with Crippen LogP contribution in [0.4, 0.5) is 0 Å². The van der Waals surface area contributed by atoms with Gasteiger partial charge in [0, 0.05) is 12.4 Å². The number of hydrogen-bond donors (Lipinski definition) is 1. The van der Waals surface area contributed by atoms with E-state index in [2.05, 4.69) is 4.98 Å². The number of ether oxygens (including phenoxy) is 1. The second-order valence-electron chi connectivity index (χ2n) is 2.77. The zero-order chi connectivity index (χ0) is 9.68. The highest BCUT2D eigenvalue weighted by Crippen LogP contribution is 2.03.